The van der Waals surface area contributed by atoms with Gasteiger partial charge in [0.2, 0.25) is 11.8 Å². The van der Waals surface area contributed by atoms with Gasteiger partial charge in [0.1, 0.15) is 0 Å². The molecule has 1 aliphatic rings. The molecule has 1 N–H and O–H groups in total. The molecule has 0 aliphatic carbocycles. The predicted molar refractivity (Wildman–Crippen MR) is 70.3 cm³/mol. The Kier molecular flexibility index (Phi) is 3.24. The van der Waals surface area contributed by atoms with E-state index >= 15 is 0 Å². The van der Waals surface area contributed by atoms with Gasteiger partial charge in [0.15, 0.2) is 0 Å². The summed E-state index contributed by atoms with van der Waals surface area (Å²) in [6, 6.07) is 8.14. The van der Waals surface area contributed by atoms with Crippen molar-refractivity contribution in [3.63, 3.8) is 0 Å². The van der Waals surface area contributed by atoms with Gasteiger partial charge in [-0.05, 0) is 23.0 Å². The Labute approximate surface area is 108 Å². The van der Waals surface area contributed by atoms with Crippen molar-refractivity contribution in [3.8, 4) is 0 Å². The fraction of sp³-hybridized carbons (Fsp3) is 0.467. The van der Waals surface area contributed by atoms with Gasteiger partial charge in [0.05, 0.1) is 5.92 Å². The monoisotopic (exact) mass is 245 g/mol. The van der Waals surface area contributed by atoms with Crippen LogP contribution in [0.15, 0.2) is 24.3 Å². The van der Waals surface area contributed by atoms with Gasteiger partial charge in [-0.25, -0.2) is 0 Å². The number of carbonyl (C=O) groups excluding carboxylic acids is 2. The number of hydrogen-bond donors (Lipinski definition) is 1. The number of carbonyl (C=O) groups is 2. The molecular weight excluding hydrogens is 226 g/mol. The van der Waals surface area contributed by atoms with E-state index < -0.39 is 0 Å². The van der Waals surface area contributed by atoms with E-state index in [2.05, 4.69) is 38.2 Å². The standard InChI is InChI=1S/C15H19NO2/c1-15(2,3)11-6-4-10(5-7-11)12-8-9-13(17)16-14(12)18/h4-7,12H,8-9H2,1-3H3,(H,16,17,18). The Morgan fingerprint density at radius 2 is 1.72 bits per heavy atom. The van der Waals surface area contributed by atoms with Crippen LogP contribution in [-0.4, -0.2) is 11.8 Å². The van der Waals surface area contributed by atoms with E-state index in [0.29, 0.717) is 12.8 Å². The summed E-state index contributed by atoms with van der Waals surface area (Å²) in [5.41, 5.74) is 2.36. The normalized spacial score (nSPS) is 20.7. The second-order valence-corrected chi connectivity index (χ2v) is 5.88. The van der Waals surface area contributed by atoms with E-state index in [1.54, 1.807) is 0 Å². The minimum Gasteiger partial charge on any atom is -0.296 e. The van der Waals surface area contributed by atoms with E-state index in [-0.39, 0.29) is 23.1 Å². The zero-order valence-corrected chi connectivity index (χ0v) is 11.1. The highest BCUT2D eigenvalue weighted by molar-refractivity contribution is 6.00. The first kappa shape index (κ1) is 12.8. The van der Waals surface area contributed by atoms with Gasteiger partial charge < -0.3 is 0 Å². The molecule has 3 nitrogen and oxygen atoms in total. The molecule has 0 bridgehead atoms. The number of rotatable bonds is 1. The van der Waals surface area contributed by atoms with Crippen LogP contribution in [0.3, 0.4) is 0 Å². The van der Waals surface area contributed by atoms with Crippen molar-refractivity contribution in [1.29, 1.82) is 0 Å². The third kappa shape index (κ3) is 2.61. The highest BCUT2D eigenvalue weighted by atomic mass is 16.2. The topological polar surface area (TPSA) is 46.2 Å². The first-order valence-corrected chi connectivity index (χ1v) is 6.32. The molecule has 0 aromatic heterocycles. The number of imide groups is 1. The van der Waals surface area contributed by atoms with Crippen molar-refractivity contribution in [2.24, 2.45) is 0 Å². The zero-order chi connectivity index (χ0) is 13.3. The zero-order valence-electron chi connectivity index (χ0n) is 11.1. The number of hydrogen-bond acceptors (Lipinski definition) is 2. The molecule has 1 fully saturated rings. The third-order valence-corrected chi connectivity index (χ3v) is 3.42. The summed E-state index contributed by atoms with van der Waals surface area (Å²) in [4.78, 5) is 22.9. The summed E-state index contributed by atoms with van der Waals surface area (Å²) in [5.74, 6) is -0.519. The first-order chi connectivity index (χ1) is 8.38. The average molecular weight is 245 g/mol. The number of benzene rings is 1. The Morgan fingerprint density at radius 3 is 2.22 bits per heavy atom. The highest BCUT2D eigenvalue weighted by Gasteiger charge is 2.28. The summed E-state index contributed by atoms with van der Waals surface area (Å²) in [7, 11) is 0. The summed E-state index contributed by atoms with van der Waals surface area (Å²) >= 11 is 0. The van der Waals surface area contributed by atoms with Gasteiger partial charge >= 0.3 is 0 Å². The van der Waals surface area contributed by atoms with Crippen LogP contribution in [0, 0.1) is 0 Å². The molecule has 0 spiro atoms. The lowest BCUT2D eigenvalue weighted by atomic mass is 9.84. The van der Waals surface area contributed by atoms with Crippen molar-refractivity contribution in [3.05, 3.63) is 35.4 Å². The van der Waals surface area contributed by atoms with Crippen molar-refractivity contribution in [2.45, 2.75) is 44.9 Å². The number of nitrogens with one attached hydrogen (secondary N) is 1. The minimum absolute atomic E-state index is 0.114. The molecule has 96 valence electrons. The van der Waals surface area contributed by atoms with Crippen LogP contribution >= 0.6 is 0 Å². The van der Waals surface area contributed by atoms with Gasteiger partial charge in [-0.1, -0.05) is 45.0 Å². The molecule has 0 radical (unpaired) electrons. The number of piperidine rings is 1. The molecule has 1 aromatic rings. The smallest absolute Gasteiger partial charge is 0.234 e. The Bertz CT molecular complexity index is 468. The molecule has 1 unspecified atom stereocenters. The summed E-state index contributed by atoms with van der Waals surface area (Å²) in [6.45, 7) is 6.48. The molecule has 1 heterocycles. The Balaban J connectivity index is 2.20. The fourth-order valence-electron chi connectivity index (χ4n) is 2.23. The molecular formula is C15H19NO2. The van der Waals surface area contributed by atoms with Crippen LogP contribution in [0.2, 0.25) is 0 Å². The van der Waals surface area contributed by atoms with E-state index in [4.69, 9.17) is 0 Å². The van der Waals surface area contributed by atoms with Gasteiger partial charge in [-0.3, -0.25) is 14.9 Å². The van der Waals surface area contributed by atoms with Crippen molar-refractivity contribution >= 4 is 11.8 Å². The lowest BCUT2D eigenvalue weighted by Crippen LogP contribution is -2.39. The highest BCUT2D eigenvalue weighted by Crippen LogP contribution is 2.28. The SMILES string of the molecule is CC(C)(C)c1ccc(C2CCC(=O)NC2=O)cc1. The molecule has 1 aromatic carbocycles. The molecule has 18 heavy (non-hydrogen) atoms. The molecule has 2 amide bonds. The maximum Gasteiger partial charge on any atom is 0.234 e. The summed E-state index contributed by atoms with van der Waals surface area (Å²) in [5, 5.41) is 2.39. The van der Waals surface area contributed by atoms with E-state index in [0.717, 1.165) is 5.56 Å². The van der Waals surface area contributed by atoms with Crippen LogP contribution < -0.4 is 5.32 Å². The van der Waals surface area contributed by atoms with E-state index in [1.807, 2.05) is 12.1 Å². The Morgan fingerprint density at radius 1 is 1.11 bits per heavy atom. The van der Waals surface area contributed by atoms with Gasteiger partial charge in [-0.15, -0.1) is 0 Å². The minimum atomic E-state index is -0.184. The predicted octanol–water partition coefficient (Wildman–Crippen LogP) is 2.50. The quantitative estimate of drug-likeness (QED) is 0.773. The lowest BCUT2D eigenvalue weighted by molar-refractivity contribution is -0.134. The van der Waals surface area contributed by atoms with Crippen LogP contribution in [0.25, 0.3) is 0 Å². The average Bonchev–Trinajstić information content (AvgIpc) is 2.28. The third-order valence-electron chi connectivity index (χ3n) is 3.42. The Hall–Kier alpha value is -1.64. The maximum atomic E-state index is 11.8. The second-order valence-electron chi connectivity index (χ2n) is 5.88. The fourth-order valence-corrected chi connectivity index (χ4v) is 2.23. The molecule has 0 saturated carbocycles. The second kappa shape index (κ2) is 4.56. The summed E-state index contributed by atoms with van der Waals surface area (Å²) in [6.07, 6.45) is 1.04. The van der Waals surface area contributed by atoms with Crippen LogP contribution in [0.4, 0.5) is 0 Å². The van der Waals surface area contributed by atoms with E-state index in [9.17, 15) is 9.59 Å². The van der Waals surface area contributed by atoms with Crippen LogP contribution in [0.1, 0.15) is 50.7 Å². The molecule has 1 atom stereocenters. The van der Waals surface area contributed by atoms with E-state index in [1.165, 1.54) is 5.56 Å². The molecule has 1 aliphatic heterocycles. The number of amides is 2. The molecule has 2 rings (SSSR count). The first-order valence-electron chi connectivity index (χ1n) is 6.32. The maximum absolute atomic E-state index is 11.8. The lowest BCUT2D eigenvalue weighted by Gasteiger charge is -2.23. The largest absolute Gasteiger partial charge is 0.296 e. The van der Waals surface area contributed by atoms with Crippen molar-refractivity contribution in [2.75, 3.05) is 0 Å². The molecule has 1 saturated heterocycles. The van der Waals surface area contributed by atoms with Crippen LogP contribution in [0.5, 0.6) is 0 Å². The summed E-state index contributed by atoms with van der Waals surface area (Å²) < 4.78 is 0. The molecule has 3 heteroatoms. The van der Waals surface area contributed by atoms with Gasteiger partial charge in [0, 0.05) is 6.42 Å². The van der Waals surface area contributed by atoms with Crippen LogP contribution in [-0.2, 0) is 15.0 Å². The van der Waals surface area contributed by atoms with Gasteiger partial charge in [-0.2, -0.15) is 0 Å². The van der Waals surface area contributed by atoms with Crippen molar-refractivity contribution < 1.29 is 9.59 Å². The van der Waals surface area contributed by atoms with Crippen molar-refractivity contribution in [1.82, 2.24) is 5.32 Å². The van der Waals surface area contributed by atoms with Gasteiger partial charge in [0.25, 0.3) is 0 Å².